The van der Waals surface area contributed by atoms with Crippen LogP contribution in [0, 0.1) is 6.92 Å². The van der Waals surface area contributed by atoms with Crippen LogP contribution in [-0.2, 0) is 0 Å². The fraction of sp³-hybridized carbons (Fsp3) is 0.417. The maximum atomic E-state index is 5.15. The van der Waals surface area contributed by atoms with Gasteiger partial charge in [-0.1, -0.05) is 6.92 Å². The summed E-state index contributed by atoms with van der Waals surface area (Å²) in [6.45, 7) is 5.19. The molecule has 2 rings (SSSR count). The molecule has 16 heavy (non-hydrogen) atoms. The molecule has 4 heteroatoms. The van der Waals surface area contributed by atoms with Crippen molar-refractivity contribution in [2.24, 2.45) is 0 Å². The third-order valence-corrected chi connectivity index (χ3v) is 3.38. The monoisotopic (exact) mass is 236 g/mol. The van der Waals surface area contributed by atoms with E-state index in [4.69, 9.17) is 4.42 Å². The molecule has 1 N–H and O–H groups in total. The molecular weight excluding hydrogens is 220 g/mol. The number of nitrogens with one attached hydrogen (secondary N) is 1. The lowest BCUT2D eigenvalue weighted by Crippen LogP contribution is -2.21. The molecule has 0 saturated heterocycles. The van der Waals surface area contributed by atoms with Crippen LogP contribution in [0.15, 0.2) is 29.2 Å². The molecule has 2 aromatic rings. The lowest BCUT2D eigenvalue weighted by Gasteiger charge is -2.14. The number of thiazole rings is 1. The Labute approximate surface area is 99.5 Å². The maximum absolute atomic E-state index is 5.15. The number of furan rings is 1. The molecule has 0 aliphatic carbocycles. The maximum Gasteiger partial charge on any atom is 0.0954 e. The van der Waals surface area contributed by atoms with Crippen LogP contribution in [0.25, 0.3) is 0 Å². The summed E-state index contributed by atoms with van der Waals surface area (Å²) in [7, 11) is 0. The number of nitrogens with zero attached hydrogens (tertiary/aromatic N) is 1. The van der Waals surface area contributed by atoms with Crippen molar-refractivity contribution in [3.05, 3.63) is 40.2 Å². The van der Waals surface area contributed by atoms with Crippen molar-refractivity contribution >= 4 is 11.3 Å². The summed E-state index contributed by atoms with van der Waals surface area (Å²) in [5, 5.41) is 4.61. The van der Waals surface area contributed by atoms with E-state index < -0.39 is 0 Å². The highest BCUT2D eigenvalue weighted by Crippen LogP contribution is 2.26. The van der Waals surface area contributed by atoms with E-state index in [1.807, 2.05) is 19.2 Å². The normalized spacial score (nSPS) is 12.9. The van der Waals surface area contributed by atoms with Gasteiger partial charge in [0.2, 0.25) is 0 Å². The minimum atomic E-state index is 0.213. The van der Waals surface area contributed by atoms with E-state index in [-0.39, 0.29) is 6.04 Å². The Balaban J connectivity index is 2.21. The molecule has 0 bridgehead atoms. The van der Waals surface area contributed by atoms with Gasteiger partial charge in [0.1, 0.15) is 0 Å². The zero-order valence-corrected chi connectivity index (χ0v) is 10.4. The number of hydrogen-bond donors (Lipinski definition) is 1. The first kappa shape index (κ1) is 11.4. The van der Waals surface area contributed by atoms with E-state index in [9.17, 15) is 0 Å². The Kier molecular flexibility index (Phi) is 3.74. The molecule has 1 unspecified atom stereocenters. The van der Waals surface area contributed by atoms with Crippen LogP contribution in [0.4, 0.5) is 0 Å². The van der Waals surface area contributed by atoms with Gasteiger partial charge in [-0.05, 0) is 26.0 Å². The first-order chi connectivity index (χ1) is 7.81. The van der Waals surface area contributed by atoms with Crippen LogP contribution < -0.4 is 5.32 Å². The Morgan fingerprint density at radius 1 is 1.56 bits per heavy atom. The van der Waals surface area contributed by atoms with Crippen LogP contribution in [0.1, 0.15) is 34.8 Å². The molecule has 0 spiro atoms. The highest BCUT2D eigenvalue weighted by Gasteiger charge is 2.16. The van der Waals surface area contributed by atoms with Crippen LogP contribution in [0.2, 0.25) is 0 Å². The van der Waals surface area contributed by atoms with Gasteiger partial charge in [-0.2, -0.15) is 0 Å². The third-order valence-electron chi connectivity index (χ3n) is 2.40. The second-order valence-corrected chi connectivity index (χ2v) is 4.99. The fourth-order valence-corrected chi connectivity index (χ4v) is 2.51. The highest BCUT2D eigenvalue weighted by molar-refractivity contribution is 7.11. The molecule has 86 valence electrons. The summed E-state index contributed by atoms with van der Waals surface area (Å²) in [6.07, 6.45) is 6.57. The fourth-order valence-electron chi connectivity index (χ4n) is 1.62. The van der Waals surface area contributed by atoms with Crippen molar-refractivity contribution in [3.8, 4) is 0 Å². The first-order valence-electron chi connectivity index (χ1n) is 5.49. The van der Waals surface area contributed by atoms with E-state index in [2.05, 4.69) is 17.2 Å². The molecule has 2 aromatic heterocycles. The Morgan fingerprint density at radius 3 is 3.00 bits per heavy atom. The molecule has 0 saturated carbocycles. The van der Waals surface area contributed by atoms with E-state index in [1.54, 1.807) is 23.9 Å². The van der Waals surface area contributed by atoms with Gasteiger partial charge < -0.3 is 9.73 Å². The van der Waals surface area contributed by atoms with Gasteiger partial charge in [-0.3, -0.25) is 0 Å². The number of aromatic nitrogens is 1. The summed E-state index contributed by atoms with van der Waals surface area (Å²) in [5.74, 6) is 0. The summed E-state index contributed by atoms with van der Waals surface area (Å²) in [6, 6.07) is 2.22. The summed E-state index contributed by atoms with van der Waals surface area (Å²) < 4.78 is 5.15. The number of aryl methyl sites for hydroxylation is 1. The Bertz CT molecular complexity index is 422. The van der Waals surface area contributed by atoms with Crippen LogP contribution in [-0.4, -0.2) is 11.5 Å². The quantitative estimate of drug-likeness (QED) is 0.866. The van der Waals surface area contributed by atoms with Gasteiger partial charge in [0, 0.05) is 16.6 Å². The van der Waals surface area contributed by atoms with Crippen molar-refractivity contribution in [2.45, 2.75) is 26.3 Å². The molecule has 0 radical (unpaired) electrons. The molecule has 0 fully saturated rings. The zero-order chi connectivity index (χ0) is 11.4. The summed E-state index contributed by atoms with van der Waals surface area (Å²) in [5.41, 5.74) is 1.16. The second kappa shape index (κ2) is 5.27. The molecule has 0 aliphatic rings. The smallest absolute Gasteiger partial charge is 0.0954 e. The zero-order valence-electron chi connectivity index (χ0n) is 9.56. The molecular formula is C12H16N2OS. The van der Waals surface area contributed by atoms with Crippen molar-refractivity contribution in [1.82, 2.24) is 10.3 Å². The predicted octanol–water partition coefficient (Wildman–Crippen LogP) is 3.13. The van der Waals surface area contributed by atoms with Crippen LogP contribution >= 0.6 is 11.3 Å². The van der Waals surface area contributed by atoms with Crippen molar-refractivity contribution < 1.29 is 4.42 Å². The van der Waals surface area contributed by atoms with Gasteiger partial charge in [0.15, 0.2) is 0 Å². The molecule has 1 atom stereocenters. The lowest BCUT2D eigenvalue weighted by molar-refractivity contribution is 0.550. The molecule has 2 heterocycles. The number of rotatable bonds is 5. The molecule has 0 aliphatic heterocycles. The van der Waals surface area contributed by atoms with Crippen LogP contribution in [0.5, 0.6) is 0 Å². The Morgan fingerprint density at radius 2 is 2.44 bits per heavy atom. The van der Waals surface area contributed by atoms with Gasteiger partial charge in [0.25, 0.3) is 0 Å². The van der Waals surface area contributed by atoms with Crippen molar-refractivity contribution in [1.29, 1.82) is 0 Å². The molecule has 0 aromatic carbocycles. The Hall–Kier alpha value is -1.13. The van der Waals surface area contributed by atoms with Crippen LogP contribution in [0.3, 0.4) is 0 Å². The predicted molar refractivity (Wildman–Crippen MR) is 65.7 cm³/mol. The second-order valence-electron chi connectivity index (χ2n) is 3.73. The number of hydrogen-bond acceptors (Lipinski definition) is 4. The van der Waals surface area contributed by atoms with Gasteiger partial charge in [-0.25, -0.2) is 4.98 Å². The SMILES string of the molecule is CCCNC(c1ccoc1)c1cnc(C)s1. The standard InChI is InChI=1S/C12H16N2OS/c1-3-5-13-12(10-4-6-15-8-10)11-7-14-9(2)16-11/h4,6-8,12-13H,3,5H2,1-2H3. The topological polar surface area (TPSA) is 38.1 Å². The summed E-state index contributed by atoms with van der Waals surface area (Å²) in [4.78, 5) is 5.55. The average Bonchev–Trinajstić information content (AvgIpc) is 2.91. The average molecular weight is 236 g/mol. The minimum Gasteiger partial charge on any atom is -0.472 e. The summed E-state index contributed by atoms with van der Waals surface area (Å²) >= 11 is 1.73. The van der Waals surface area contributed by atoms with E-state index in [0.29, 0.717) is 0 Å². The molecule has 3 nitrogen and oxygen atoms in total. The van der Waals surface area contributed by atoms with Crippen molar-refractivity contribution in [3.63, 3.8) is 0 Å². The van der Waals surface area contributed by atoms with E-state index >= 15 is 0 Å². The van der Waals surface area contributed by atoms with Crippen molar-refractivity contribution in [2.75, 3.05) is 6.54 Å². The third kappa shape index (κ3) is 2.51. The lowest BCUT2D eigenvalue weighted by atomic mass is 10.1. The highest BCUT2D eigenvalue weighted by atomic mass is 32.1. The van der Waals surface area contributed by atoms with E-state index in [0.717, 1.165) is 23.5 Å². The largest absolute Gasteiger partial charge is 0.472 e. The van der Waals surface area contributed by atoms with Gasteiger partial charge in [0.05, 0.1) is 23.6 Å². The van der Waals surface area contributed by atoms with Gasteiger partial charge in [-0.15, -0.1) is 11.3 Å². The first-order valence-corrected chi connectivity index (χ1v) is 6.30. The van der Waals surface area contributed by atoms with E-state index in [1.165, 1.54) is 4.88 Å². The minimum absolute atomic E-state index is 0.213. The molecule has 0 amide bonds. The van der Waals surface area contributed by atoms with Gasteiger partial charge >= 0.3 is 0 Å².